The van der Waals surface area contributed by atoms with Gasteiger partial charge in [0.2, 0.25) is 6.10 Å². The first kappa shape index (κ1) is 9.45. The monoisotopic (exact) mass is 203 g/mol. The van der Waals surface area contributed by atoms with E-state index in [4.69, 9.17) is 4.42 Å². The Morgan fingerprint density at radius 1 is 1.40 bits per heavy atom. The van der Waals surface area contributed by atoms with Gasteiger partial charge in [-0.1, -0.05) is 18.2 Å². The summed E-state index contributed by atoms with van der Waals surface area (Å²) in [6.45, 7) is 1.22. The Hall–Kier alpha value is -2.10. The van der Waals surface area contributed by atoms with Crippen LogP contribution in [0.25, 0.3) is 11.0 Å². The molecular weight excluding hydrogens is 196 g/mol. The molecule has 0 aliphatic rings. The molecule has 2 aromatic rings. The summed E-state index contributed by atoms with van der Waals surface area (Å²) in [5.41, 5.74) is 0.647. The van der Waals surface area contributed by atoms with E-state index in [9.17, 15) is 9.59 Å². The minimum Gasteiger partial charge on any atom is -0.457 e. The fourth-order valence-electron chi connectivity index (χ4n) is 1.35. The lowest BCUT2D eigenvalue weighted by Crippen LogP contribution is -2.02. The summed E-state index contributed by atoms with van der Waals surface area (Å²) in [4.78, 5) is 20.6. The van der Waals surface area contributed by atoms with E-state index in [1.165, 1.54) is 6.47 Å². The molecule has 0 saturated heterocycles. The van der Waals surface area contributed by atoms with Crippen LogP contribution in [0.3, 0.4) is 0 Å². The first-order valence-corrected chi connectivity index (χ1v) is 4.31. The SMILES string of the molecule is O=[C]OC(C=O)c1cc2ccccc2o1. The predicted octanol–water partition coefficient (Wildman–Crippen LogP) is 1.76. The Balaban J connectivity index is 2.42. The van der Waals surface area contributed by atoms with E-state index < -0.39 is 6.10 Å². The van der Waals surface area contributed by atoms with Crippen LogP contribution >= 0.6 is 0 Å². The van der Waals surface area contributed by atoms with E-state index in [0.717, 1.165) is 5.39 Å². The number of rotatable bonds is 4. The fourth-order valence-corrected chi connectivity index (χ4v) is 1.35. The number of aldehydes is 1. The summed E-state index contributed by atoms with van der Waals surface area (Å²) in [6.07, 6.45) is -0.530. The summed E-state index contributed by atoms with van der Waals surface area (Å²) < 4.78 is 9.78. The second-order valence-electron chi connectivity index (χ2n) is 2.94. The zero-order valence-electron chi connectivity index (χ0n) is 7.67. The van der Waals surface area contributed by atoms with Gasteiger partial charge in [0.25, 0.3) is 0 Å². The molecule has 1 atom stereocenters. The molecule has 1 heterocycles. The number of hydrogen-bond donors (Lipinski definition) is 0. The van der Waals surface area contributed by atoms with Gasteiger partial charge in [-0.05, 0) is 12.1 Å². The fraction of sp³-hybridized carbons (Fsp3) is 0.0909. The van der Waals surface area contributed by atoms with Crippen molar-refractivity contribution < 1.29 is 18.7 Å². The lowest BCUT2D eigenvalue weighted by atomic mass is 10.2. The minimum absolute atomic E-state index is 0.301. The van der Waals surface area contributed by atoms with Gasteiger partial charge in [-0.15, -0.1) is 0 Å². The molecule has 4 heteroatoms. The van der Waals surface area contributed by atoms with Crippen molar-refractivity contribution in [1.29, 1.82) is 0 Å². The number of benzene rings is 1. The Bertz CT molecular complexity index is 453. The zero-order chi connectivity index (χ0) is 10.7. The van der Waals surface area contributed by atoms with Crippen LogP contribution in [0.2, 0.25) is 0 Å². The Labute approximate surface area is 85.4 Å². The van der Waals surface area contributed by atoms with E-state index in [-0.39, 0.29) is 0 Å². The van der Waals surface area contributed by atoms with Gasteiger partial charge in [0.1, 0.15) is 5.58 Å². The molecule has 1 unspecified atom stereocenters. The number of furan rings is 1. The smallest absolute Gasteiger partial charge is 0.418 e. The molecule has 0 fully saturated rings. The van der Waals surface area contributed by atoms with Crippen LogP contribution in [0.1, 0.15) is 11.9 Å². The van der Waals surface area contributed by atoms with E-state index in [1.54, 1.807) is 12.1 Å². The molecule has 1 aromatic carbocycles. The molecule has 2 rings (SSSR count). The highest BCUT2D eigenvalue weighted by molar-refractivity contribution is 5.79. The van der Waals surface area contributed by atoms with Crippen LogP contribution < -0.4 is 0 Å². The van der Waals surface area contributed by atoms with E-state index >= 15 is 0 Å². The molecule has 4 nitrogen and oxygen atoms in total. The summed E-state index contributed by atoms with van der Waals surface area (Å²) in [5.74, 6) is 0.301. The molecule has 75 valence electrons. The zero-order valence-corrected chi connectivity index (χ0v) is 7.67. The Kier molecular flexibility index (Phi) is 2.49. The van der Waals surface area contributed by atoms with Crippen molar-refractivity contribution in [3.05, 3.63) is 36.1 Å². The maximum absolute atomic E-state index is 10.6. The van der Waals surface area contributed by atoms with Gasteiger partial charge in [0.15, 0.2) is 12.0 Å². The van der Waals surface area contributed by atoms with Crippen molar-refractivity contribution in [3.8, 4) is 0 Å². The number of fused-ring (bicyclic) bond motifs is 1. The Morgan fingerprint density at radius 2 is 2.20 bits per heavy atom. The van der Waals surface area contributed by atoms with Crippen LogP contribution in [0.4, 0.5) is 0 Å². The van der Waals surface area contributed by atoms with Crippen LogP contribution in [0, 0.1) is 0 Å². The maximum atomic E-state index is 10.6. The average Bonchev–Trinajstić information content (AvgIpc) is 2.69. The molecule has 1 aromatic heterocycles. The van der Waals surface area contributed by atoms with Gasteiger partial charge >= 0.3 is 6.47 Å². The number of para-hydroxylation sites is 1. The van der Waals surface area contributed by atoms with Crippen LogP contribution in [0.5, 0.6) is 0 Å². The molecule has 0 aliphatic heterocycles. The van der Waals surface area contributed by atoms with Gasteiger partial charge in [-0.3, -0.25) is 4.79 Å². The Morgan fingerprint density at radius 3 is 2.87 bits per heavy atom. The number of hydrogen-bond acceptors (Lipinski definition) is 4. The maximum Gasteiger partial charge on any atom is 0.418 e. The van der Waals surface area contributed by atoms with Gasteiger partial charge in [0.05, 0.1) is 0 Å². The van der Waals surface area contributed by atoms with Crippen molar-refractivity contribution in [1.82, 2.24) is 0 Å². The molecule has 0 spiro atoms. The van der Waals surface area contributed by atoms with Crippen molar-refractivity contribution in [2.24, 2.45) is 0 Å². The van der Waals surface area contributed by atoms with Gasteiger partial charge < -0.3 is 9.15 Å². The third-order valence-electron chi connectivity index (χ3n) is 2.02. The van der Waals surface area contributed by atoms with Crippen molar-refractivity contribution in [3.63, 3.8) is 0 Å². The quantitative estimate of drug-likeness (QED) is 0.710. The van der Waals surface area contributed by atoms with Crippen LogP contribution in [-0.4, -0.2) is 12.8 Å². The minimum atomic E-state index is -1.02. The summed E-state index contributed by atoms with van der Waals surface area (Å²) in [7, 11) is 0. The van der Waals surface area contributed by atoms with E-state index in [1.807, 2.05) is 18.2 Å². The average molecular weight is 203 g/mol. The second kappa shape index (κ2) is 3.96. The number of ether oxygens (including phenoxy) is 1. The third-order valence-corrected chi connectivity index (χ3v) is 2.02. The lowest BCUT2D eigenvalue weighted by molar-refractivity contribution is -0.115. The summed E-state index contributed by atoms with van der Waals surface area (Å²) >= 11 is 0. The highest BCUT2D eigenvalue weighted by atomic mass is 16.5. The first-order chi connectivity index (χ1) is 7.35. The molecule has 1 radical (unpaired) electrons. The molecular formula is C11H7O4. The molecule has 0 amide bonds. The molecule has 0 saturated carbocycles. The molecule has 15 heavy (non-hydrogen) atoms. The standard InChI is InChI=1S/C11H7O4/c12-6-11(14-7-13)10-5-8-3-1-2-4-9(8)15-10/h1-6,11H. The lowest BCUT2D eigenvalue weighted by Gasteiger charge is -2.01. The number of carbonyl (C=O) groups excluding carboxylic acids is 2. The van der Waals surface area contributed by atoms with Crippen molar-refractivity contribution in [2.45, 2.75) is 6.10 Å². The highest BCUT2D eigenvalue weighted by Gasteiger charge is 2.16. The highest BCUT2D eigenvalue weighted by Crippen LogP contribution is 2.24. The van der Waals surface area contributed by atoms with Gasteiger partial charge in [-0.2, -0.15) is 0 Å². The van der Waals surface area contributed by atoms with Crippen molar-refractivity contribution >= 4 is 23.7 Å². The van der Waals surface area contributed by atoms with E-state index in [2.05, 4.69) is 4.74 Å². The predicted molar refractivity (Wildman–Crippen MR) is 51.8 cm³/mol. The molecule has 0 bridgehead atoms. The summed E-state index contributed by atoms with van der Waals surface area (Å²) in [5, 5.41) is 0.855. The van der Waals surface area contributed by atoms with Crippen LogP contribution in [0.15, 0.2) is 34.7 Å². The number of carbonyl (C=O) groups is 1. The first-order valence-electron chi connectivity index (χ1n) is 4.31. The third kappa shape index (κ3) is 1.74. The molecule has 0 N–H and O–H groups in total. The van der Waals surface area contributed by atoms with Gasteiger partial charge in [-0.25, -0.2) is 4.79 Å². The second-order valence-corrected chi connectivity index (χ2v) is 2.94. The van der Waals surface area contributed by atoms with Crippen LogP contribution in [-0.2, 0) is 14.3 Å². The normalized spacial score (nSPS) is 12.3. The largest absolute Gasteiger partial charge is 0.457 e. The molecule has 0 aliphatic carbocycles. The summed E-state index contributed by atoms with van der Waals surface area (Å²) in [6, 6.07) is 8.94. The van der Waals surface area contributed by atoms with E-state index in [0.29, 0.717) is 17.6 Å². The van der Waals surface area contributed by atoms with Gasteiger partial charge in [0, 0.05) is 5.39 Å². The van der Waals surface area contributed by atoms with Crippen molar-refractivity contribution in [2.75, 3.05) is 0 Å². The topological polar surface area (TPSA) is 56.5 Å².